The van der Waals surface area contributed by atoms with Gasteiger partial charge in [0.25, 0.3) is 0 Å². The van der Waals surface area contributed by atoms with Crippen LogP contribution in [0.1, 0.15) is 15.9 Å². The van der Waals surface area contributed by atoms with E-state index >= 15 is 0 Å². The van der Waals surface area contributed by atoms with Crippen LogP contribution >= 0.6 is 0 Å². The van der Waals surface area contributed by atoms with E-state index in [0.717, 1.165) is 5.56 Å². The van der Waals surface area contributed by atoms with Crippen molar-refractivity contribution >= 4 is 5.97 Å². The zero-order valence-electron chi connectivity index (χ0n) is 13.9. The van der Waals surface area contributed by atoms with Crippen LogP contribution in [0.2, 0.25) is 0 Å². The van der Waals surface area contributed by atoms with Crippen LogP contribution in [0.15, 0.2) is 54.7 Å². The summed E-state index contributed by atoms with van der Waals surface area (Å²) < 4.78 is 12.1. The zero-order chi connectivity index (χ0) is 17.8. The third-order valence-corrected chi connectivity index (χ3v) is 3.83. The fourth-order valence-corrected chi connectivity index (χ4v) is 2.62. The highest BCUT2D eigenvalue weighted by atomic mass is 16.5. The van der Waals surface area contributed by atoms with E-state index in [9.17, 15) is 9.90 Å². The fraction of sp³-hybridized carbons (Fsp3) is 0.158. The van der Waals surface area contributed by atoms with E-state index in [1.54, 1.807) is 30.0 Å². The first kappa shape index (κ1) is 16.6. The first-order valence-corrected chi connectivity index (χ1v) is 7.67. The Bertz CT molecular complexity index is 888. The van der Waals surface area contributed by atoms with Gasteiger partial charge in [-0.15, -0.1) is 0 Å². The minimum atomic E-state index is -1.27. The first-order valence-electron chi connectivity index (χ1n) is 7.67. The van der Waals surface area contributed by atoms with Crippen LogP contribution in [-0.2, 0) is 6.54 Å². The van der Waals surface area contributed by atoms with Crippen molar-refractivity contribution in [2.24, 2.45) is 0 Å². The van der Waals surface area contributed by atoms with Crippen LogP contribution < -0.4 is 14.6 Å². The zero-order valence-corrected chi connectivity index (χ0v) is 13.9. The molecule has 0 saturated carbocycles. The third-order valence-electron chi connectivity index (χ3n) is 3.83. The normalized spacial score (nSPS) is 10.5. The molecule has 0 aliphatic rings. The molecule has 0 spiro atoms. The second-order valence-electron chi connectivity index (χ2n) is 5.43. The predicted octanol–water partition coefficient (Wildman–Crippen LogP) is 1.98. The Balaban J connectivity index is 2.02. The SMILES string of the molecule is COc1ccc(-c2nn(Cc3ccccc3)cc2C(=O)[O-])cc1OC. The molecule has 0 amide bonds. The smallest absolute Gasteiger partial charge is 0.161 e. The molecule has 3 rings (SSSR count). The van der Waals surface area contributed by atoms with Crippen LogP contribution in [0.5, 0.6) is 11.5 Å². The van der Waals surface area contributed by atoms with Crippen molar-refractivity contribution in [1.29, 1.82) is 0 Å². The lowest BCUT2D eigenvalue weighted by Gasteiger charge is -2.09. The van der Waals surface area contributed by atoms with Gasteiger partial charge >= 0.3 is 0 Å². The topological polar surface area (TPSA) is 76.4 Å². The molecular weight excluding hydrogens is 320 g/mol. The standard InChI is InChI=1S/C19H18N2O4/c1-24-16-9-8-14(10-17(16)25-2)18-15(19(22)23)12-21(20-18)11-13-6-4-3-5-7-13/h3-10,12H,11H2,1-2H3,(H,22,23)/p-1. The molecule has 1 heterocycles. The molecule has 6 nitrogen and oxygen atoms in total. The second-order valence-corrected chi connectivity index (χ2v) is 5.43. The number of nitrogens with zero attached hydrogens (tertiary/aromatic N) is 2. The van der Waals surface area contributed by atoms with E-state index in [1.165, 1.54) is 13.3 Å². The number of carboxylic acid groups (broad SMARTS) is 1. The van der Waals surface area contributed by atoms with Gasteiger partial charge in [-0.25, -0.2) is 0 Å². The highest BCUT2D eigenvalue weighted by Gasteiger charge is 2.15. The van der Waals surface area contributed by atoms with Crippen LogP contribution in [0.25, 0.3) is 11.3 Å². The summed E-state index contributed by atoms with van der Waals surface area (Å²) in [5, 5.41) is 15.9. The molecule has 0 saturated heterocycles. The number of benzene rings is 2. The molecule has 2 aromatic carbocycles. The third kappa shape index (κ3) is 3.47. The number of carbonyl (C=O) groups is 1. The highest BCUT2D eigenvalue weighted by Crippen LogP contribution is 2.33. The molecule has 0 aliphatic carbocycles. The van der Waals surface area contributed by atoms with Crippen molar-refractivity contribution in [2.75, 3.05) is 14.2 Å². The number of ether oxygens (including phenoxy) is 2. The highest BCUT2D eigenvalue weighted by molar-refractivity contribution is 5.93. The van der Waals surface area contributed by atoms with E-state index in [-0.39, 0.29) is 5.56 Å². The quantitative estimate of drug-likeness (QED) is 0.687. The first-order chi connectivity index (χ1) is 12.1. The Kier molecular flexibility index (Phi) is 4.70. The summed E-state index contributed by atoms with van der Waals surface area (Å²) in [5.74, 6) is -0.212. The molecule has 0 aliphatic heterocycles. The summed E-state index contributed by atoms with van der Waals surface area (Å²) in [7, 11) is 3.06. The molecule has 128 valence electrons. The molecule has 0 atom stereocenters. The second kappa shape index (κ2) is 7.09. The average molecular weight is 337 g/mol. The summed E-state index contributed by atoms with van der Waals surface area (Å²) >= 11 is 0. The Hall–Kier alpha value is -3.28. The maximum atomic E-state index is 11.5. The molecule has 0 unspecified atom stereocenters. The molecule has 3 aromatic rings. The van der Waals surface area contributed by atoms with Gasteiger partial charge in [-0.3, -0.25) is 4.68 Å². The summed E-state index contributed by atoms with van der Waals surface area (Å²) in [4.78, 5) is 11.5. The van der Waals surface area contributed by atoms with Crippen molar-refractivity contribution in [3.63, 3.8) is 0 Å². The summed E-state index contributed by atoms with van der Waals surface area (Å²) in [5.41, 5.74) is 2.00. The molecule has 0 N–H and O–H groups in total. The number of hydrogen-bond acceptors (Lipinski definition) is 5. The van der Waals surface area contributed by atoms with Gasteiger partial charge in [0.15, 0.2) is 11.5 Å². The molecule has 1 aromatic heterocycles. The van der Waals surface area contributed by atoms with Gasteiger partial charge < -0.3 is 19.4 Å². The Morgan fingerprint density at radius 1 is 1.08 bits per heavy atom. The van der Waals surface area contributed by atoms with Crippen molar-refractivity contribution < 1.29 is 19.4 Å². The van der Waals surface area contributed by atoms with Gasteiger partial charge in [-0.2, -0.15) is 5.10 Å². The lowest BCUT2D eigenvalue weighted by molar-refractivity contribution is -0.254. The van der Waals surface area contributed by atoms with Crippen LogP contribution in [0, 0.1) is 0 Å². The van der Waals surface area contributed by atoms with E-state index in [4.69, 9.17) is 9.47 Å². The van der Waals surface area contributed by atoms with Crippen LogP contribution in [0.3, 0.4) is 0 Å². The minimum Gasteiger partial charge on any atom is -0.545 e. The van der Waals surface area contributed by atoms with E-state index in [0.29, 0.717) is 29.3 Å². The summed E-state index contributed by atoms with van der Waals surface area (Å²) in [6.45, 7) is 0.467. The summed E-state index contributed by atoms with van der Waals surface area (Å²) in [6, 6.07) is 14.8. The molecular formula is C19H17N2O4-. The Morgan fingerprint density at radius 2 is 1.80 bits per heavy atom. The molecule has 6 heteroatoms. The van der Waals surface area contributed by atoms with Crippen LogP contribution in [0.4, 0.5) is 0 Å². The number of rotatable bonds is 6. The molecule has 0 radical (unpaired) electrons. The number of carboxylic acids is 1. The molecule has 0 fully saturated rings. The number of aromatic carboxylic acids is 1. The minimum absolute atomic E-state index is 0.0307. The number of hydrogen-bond donors (Lipinski definition) is 0. The number of methoxy groups -OCH3 is 2. The van der Waals surface area contributed by atoms with Crippen LogP contribution in [-0.4, -0.2) is 30.0 Å². The fourth-order valence-electron chi connectivity index (χ4n) is 2.62. The number of aromatic nitrogens is 2. The maximum absolute atomic E-state index is 11.5. The summed E-state index contributed by atoms with van der Waals surface area (Å²) in [6.07, 6.45) is 1.48. The Morgan fingerprint density at radius 3 is 2.44 bits per heavy atom. The van der Waals surface area contributed by atoms with Gasteiger partial charge in [-0.1, -0.05) is 30.3 Å². The number of carbonyl (C=O) groups excluding carboxylic acids is 1. The van der Waals surface area contributed by atoms with Crippen molar-refractivity contribution in [1.82, 2.24) is 9.78 Å². The Labute approximate surface area is 145 Å². The van der Waals surface area contributed by atoms with Crippen molar-refractivity contribution in [3.8, 4) is 22.8 Å². The maximum Gasteiger partial charge on any atom is 0.161 e. The molecule has 25 heavy (non-hydrogen) atoms. The van der Waals surface area contributed by atoms with Gasteiger partial charge in [0.1, 0.15) is 5.69 Å². The largest absolute Gasteiger partial charge is 0.545 e. The van der Waals surface area contributed by atoms with Gasteiger partial charge in [0.2, 0.25) is 0 Å². The lowest BCUT2D eigenvalue weighted by atomic mass is 10.1. The van der Waals surface area contributed by atoms with Crippen molar-refractivity contribution in [2.45, 2.75) is 6.54 Å². The predicted molar refractivity (Wildman–Crippen MR) is 90.6 cm³/mol. The van der Waals surface area contributed by atoms with E-state index in [1.807, 2.05) is 30.3 Å². The van der Waals surface area contributed by atoms with E-state index in [2.05, 4.69) is 5.10 Å². The monoisotopic (exact) mass is 337 g/mol. The lowest BCUT2D eigenvalue weighted by Crippen LogP contribution is -2.22. The van der Waals surface area contributed by atoms with Gasteiger partial charge in [-0.05, 0) is 23.8 Å². The van der Waals surface area contributed by atoms with Gasteiger partial charge in [0, 0.05) is 17.3 Å². The molecule has 0 bridgehead atoms. The van der Waals surface area contributed by atoms with Gasteiger partial charge in [0.05, 0.1) is 26.7 Å². The van der Waals surface area contributed by atoms with E-state index < -0.39 is 5.97 Å². The van der Waals surface area contributed by atoms with Crippen molar-refractivity contribution in [3.05, 3.63) is 65.9 Å². The average Bonchev–Trinajstić information content (AvgIpc) is 3.06.